The number of fused-ring (bicyclic) bond motifs is 2. The number of hydrogen-bond acceptors (Lipinski definition) is 2. The minimum atomic E-state index is 0.00629. The Morgan fingerprint density at radius 1 is 1.16 bits per heavy atom. The van der Waals surface area contributed by atoms with E-state index in [1.807, 2.05) is 29.2 Å². The molecule has 2 bridgehead atoms. The molecule has 4 nitrogen and oxygen atoms in total. The summed E-state index contributed by atoms with van der Waals surface area (Å²) in [7, 11) is 0. The molecule has 1 heterocycles. The third kappa shape index (κ3) is 3.31. The largest absolute Gasteiger partial charge is 0.349 e. The SMILES string of the molecule is C[C@@H](NC(=O)c1ccc(N2CCCCC2=O)cc1)[C@H]1C[C@H]2CC[C@H]1C2. The number of benzene rings is 1. The normalized spacial score (nSPS) is 29.7. The lowest BCUT2D eigenvalue weighted by molar-refractivity contribution is -0.119. The maximum absolute atomic E-state index is 12.6. The van der Waals surface area contributed by atoms with Crippen LogP contribution >= 0.6 is 0 Å². The highest BCUT2D eigenvalue weighted by molar-refractivity contribution is 5.97. The number of anilines is 1. The van der Waals surface area contributed by atoms with Gasteiger partial charge in [0.15, 0.2) is 0 Å². The molecule has 3 fully saturated rings. The van der Waals surface area contributed by atoms with Crippen molar-refractivity contribution in [2.75, 3.05) is 11.4 Å². The Labute approximate surface area is 150 Å². The highest BCUT2D eigenvalue weighted by Gasteiger charge is 2.42. The van der Waals surface area contributed by atoms with E-state index in [0.717, 1.165) is 36.9 Å². The summed E-state index contributed by atoms with van der Waals surface area (Å²) in [6.45, 7) is 2.94. The molecule has 0 unspecified atom stereocenters. The molecule has 1 saturated heterocycles. The molecule has 0 radical (unpaired) electrons. The van der Waals surface area contributed by atoms with Gasteiger partial charge in [0.2, 0.25) is 5.91 Å². The lowest BCUT2D eigenvalue weighted by Gasteiger charge is -2.29. The Morgan fingerprint density at radius 2 is 1.96 bits per heavy atom. The average Bonchev–Trinajstić information content (AvgIpc) is 3.26. The summed E-state index contributed by atoms with van der Waals surface area (Å²) in [6, 6.07) is 7.74. The molecule has 134 valence electrons. The molecule has 2 aliphatic carbocycles. The Hall–Kier alpha value is -1.84. The molecule has 4 atom stereocenters. The molecule has 2 amide bonds. The van der Waals surface area contributed by atoms with Gasteiger partial charge < -0.3 is 10.2 Å². The Morgan fingerprint density at radius 3 is 2.60 bits per heavy atom. The van der Waals surface area contributed by atoms with Crippen molar-refractivity contribution in [2.45, 2.75) is 57.9 Å². The van der Waals surface area contributed by atoms with E-state index in [9.17, 15) is 9.59 Å². The summed E-state index contributed by atoms with van der Waals surface area (Å²) in [4.78, 5) is 26.4. The lowest BCUT2D eigenvalue weighted by atomic mass is 9.84. The van der Waals surface area contributed by atoms with Gasteiger partial charge >= 0.3 is 0 Å². The number of piperidine rings is 1. The van der Waals surface area contributed by atoms with E-state index in [1.165, 1.54) is 25.7 Å². The summed E-state index contributed by atoms with van der Waals surface area (Å²) in [5.74, 6) is 2.55. The predicted octanol–water partition coefficient (Wildman–Crippen LogP) is 3.76. The van der Waals surface area contributed by atoms with Crippen LogP contribution in [0.1, 0.15) is 62.2 Å². The van der Waals surface area contributed by atoms with Gasteiger partial charge in [0, 0.05) is 30.3 Å². The van der Waals surface area contributed by atoms with Crippen molar-refractivity contribution in [1.82, 2.24) is 5.32 Å². The zero-order valence-corrected chi connectivity index (χ0v) is 15.0. The molecule has 25 heavy (non-hydrogen) atoms. The molecule has 1 aromatic rings. The molecule has 1 aliphatic heterocycles. The third-order valence-corrected chi connectivity index (χ3v) is 6.56. The van der Waals surface area contributed by atoms with Crippen LogP contribution in [-0.4, -0.2) is 24.4 Å². The first-order valence-corrected chi connectivity index (χ1v) is 9.83. The van der Waals surface area contributed by atoms with Gasteiger partial charge in [0.25, 0.3) is 5.91 Å². The van der Waals surface area contributed by atoms with Gasteiger partial charge in [-0.15, -0.1) is 0 Å². The first-order chi connectivity index (χ1) is 12.1. The molecule has 4 heteroatoms. The molecule has 0 aromatic heterocycles. The fraction of sp³-hybridized carbons (Fsp3) is 0.619. The second kappa shape index (κ2) is 6.81. The van der Waals surface area contributed by atoms with Gasteiger partial charge in [0.1, 0.15) is 0 Å². The fourth-order valence-electron chi connectivity index (χ4n) is 5.18. The first-order valence-electron chi connectivity index (χ1n) is 9.83. The second-order valence-electron chi connectivity index (χ2n) is 8.15. The van der Waals surface area contributed by atoms with Crippen molar-refractivity contribution >= 4 is 17.5 Å². The van der Waals surface area contributed by atoms with Crippen molar-refractivity contribution in [3.63, 3.8) is 0 Å². The first kappa shape index (κ1) is 16.6. The minimum absolute atomic E-state index is 0.00629. The van der Waals surface area contributed by atoms with Gasteiger partial charge in [-0.3, -0.25) is 9.59 Å². The van der Waals surface area contributed by atoms with E-state index in [2.05, 4.69) is 12.2 Å². The van der Waals surface area contributed by atoms with E-state index in [-0.39, 0.29) is 17.9 Å². The van der Waals surface area contributed by atoms with Crippen molar-refractivity contribution < 1.29 is 9.59 Å². The summed E-state index contributed by atoms with van der Waals surface area (Å²) in [5, 5.41) is 3.21. The number of carbonyl (C=O) groups is 2. The maximum Gasteiger partial charge on any atom is 0.251 e. The summed E-state index contributed by atoms with van der Waals surface area (Å²) < 4.78 is 0. The average molecular weight is 340 g/mol. The molecule has 3 aliphatic rings. The van der Waals surface area contributed by atoms with Crippen LogP contribution in [0.15, 0.2) is 24.3 Å². The van der Waals surface area contributed by atoms with Crippen LogP contribution in [0.5, 0.6) is 0 Å². The van der Waals surface area contributed by atoms with Gasteiger partial charge in [-0.2, -0.15) is 0 Å². The smallest absolute Gasteiger partial charge is 0.251 e. The number of nitrogens with zero attached hydrogens (tertiary/aromatic N) is 1. The van der Waals surface area contributed by atoms with Crippen LogP contribution in [0.4, 0.5) is 5.69 Å². The van der Waals surface area contributed by atoms with Crippen LogP contribution in [0.3, 0.4) is 0 Å². The van der Waals surface area contributed by atoms with E-state index < -0.39 is 0 Å². The zero-order valence-electron chi connectivity index (χ0n) is 15.0. The van der Waals surface area contributed by atoms with Gasteiger partial charge in [-0.25, -0.2) is 0 Å². The molecule has 1 aromatic carbocycles. The Bertz CT molecular complexity index is 654. The zero-order chi connectivity index (χ0) is 17.4. The van der Waals surface area contributed by atoms with Gasteiger partial charge in [0.05, 0.1) is 0 Å². The van der Waals surface area contributed by atoms with Gasteiger partial charge in [-0.05, 0) is 81.0 Å². The number of carbonyl (C=O) groups excluding carboxylic acids is 2. The molecule has 0 spiro atoms. The molecule has 4 rings (SSSR count). The number of nitrogens with one attached hydrogen (secondary N) is 1. The molecule has 1 N–H and O–H groups in total. The second-order valence-corrected chi connectivity index (χ2v) is 8.15. The topological polar surface area (TPSA) is 49.4 Å². The molecular formula is C21H28N2O2. The number of amides is 2. The summed E-state index contributed by atoms with van der Waals surface area (Å²) in [6.07, 6.45) is 8.03. The highest BCUT2D eigenvalue weighted by atomic mass is 16.2. The quantitative estimate of drug-likeness (QED) is 0.907. The summed E-state index contributed by atoms with van der Waals surface area (Å²) >= 11 is 0. The van der Waals surface area contributed by atoms with E-state index >= 15 is 0 Å². The summed E-state index contributed by atoms with van der Waals surface area (Å²) in [5.41, 5.74) is 1.59. The minimum Gasteiger partial charge on any atom is -0.349 e. The Kier molecular flexibility index (Phi) is 4.53. The van der Waals surface area contributed by atoms with E-state index in [4.69, 9.17) is 0 Å². The monoisotopic (exact) mass is 340 g/mol. The number of rotatable bonds is 4. The van der Waals surface area contributed by atoms with Crippen LogP contribution in [0.2, 0.25) is 0 Å². The predicted molar refractivity (Wildman–Crippen MR) is 98.5 cm³/mol. The lowest BCUT2D eigenvalue weighted by Crippen LogP contribution is -2.40. The van der Waals surface area contributed by atoms with Gasteiger partial charge in [-0.1, -0.05) is 6.42 Å². The van der Waals surface area contributed by atoms with Crippen LogP contribution in [0.25, 0.3) is 0 Å². The van der Waals surface area contributed by atoms with Crippen molar-refractivity contribution in [3.05, 3.63) is 29.8 Å². The number of hydrogen-bond donors (Lipinski definition) is 1. The van der Waals surface area contributed by atoms with E-state index in [0.29, 0.717) is 17.9 Å². The van der Waals surface area contributed by atoms with Crippen LogP contribution < -0.4 is 10.2 Å². The van der Waals surface area contributed by atoms with Crippen molar-refractivity contribution in [1.29, 1.82) is 0 Å². The molecular weight excluding hydrogens is 312 g/mol. The standard InChI is InChI=1S/C21H28N2O2/c1-14(19-13-15-5-6-17(19)12-15)22-21(25)16-7-9-18(10-8-16)23-11-3-2-4-20(23)24/h7-10,14-15,17,19H,2-6,11-13H2,1H3,(H,22,25)/t14-,15+,17+,19-/m1/s1. The van der Waals surface area contributed by atoms with E-state index in [1.54, 1.807) is 0 Å². The maximum atomic E-state index is 12.6. The van der Waals surface area contributed by atoms with Crippen LogP contribution in [0, 0.1) is 17.8 Å². The molecule has 2 saturated carbocycles. The third-order valence-electron chi connectivity index (χ3n) is 6.56. The Balaban J connectivity index is 1.38. The van der Waals surface area contributed by atoms with Crippen molar-refractivity contribution in [3.8, 4) is 0 Å². The highest BCUT2D eigenvalue weighted by Crippen LogP contribution is 2.49. The van der Waals surface area contributed by atoms with Crippen LogP contribution in [-0.2, 0) is 4.79 Å². The fourth-order valence-corrected chi connectivity index (χ4v) is 5.18. The van der Waals surface area contributed by atoms with Crippen molar-refractivity contribution in [2.24, 2.45) is 17.8 Å².